The van der Waals surface area contributed by atoms with Gasteiger partial charge in [0.15, 0.2) is 12.4 Å². The first-order valence-corrected chi connectivity index (χ1v) is 29.9. The van der Waals surface area contributed by atoms with Crippen LogP contribution in [0, 0.1) is 0 Å². The molecule has 8 atom stereocenters. The first-order chi connectivity index (χ1) is 36.2. The number of carbonyl (C=O) groups excluding carboxylic acids is 2. The molecule has 0 aromatic carbocycles. The van der Waals surface area contributed by atoms with Crippen LogP contribution < -0.4 is 5.32 Å². The highest BCUT2D eigenvalue weighted by atomic mass is 16.7. The summed E-state index contributed by atoms with van der Waals surface area (Å²) in [6.07, 6.45) is 54.7. The molecule has 1 saturated heterocycles. The lowest BCUT2D eigenvalue weighted by atomic mass is 9.99. The molecule has 11 heteroatoms. The van der Waals surface area contributed by atoms with Crippen LogP contribution >= 0.6 is 0 Å². The van der Waals surface area contributed by atoms with Crippen molar-refractivity contribution in [1.82, 2.24) is 5.32 Å². The first-order valence-electron chi connectivity index (χ1n) is 29.9. The van der Waals surface area contributed by atoms with Crippen LogP contribution in [0.25, 0.3) is 0 Å². The number of carbonyl (C=O) groups is 2. The molecule has 0 bridgehead atoms. The van der Waals surface area contributed by atoms with Crippen molar-refractivity contribution in [2.75, 3.05) is 13.2 Å². The summed E-state index contributed by atoms with van der Waals surface area (Å²) in [5.41, 5.74) is 0. The van der Waals surface area contributed by atoms with Crippen molar-refractivity contribution in [2.24, 2.45) is 0 Å². The predicted molar refractivity (Wildman–Crippen MR) is 306 cm³/mol. The van der Waals surface area contributed by atoms with E-state index in [1.807, 2.05) is 6.08 Å². The molecule has 1 rings (SSSR count). The third-order valence-electron chi connectivity index (χ3n) is 13.5. The highest BCUT2D eigenvalue weighted by Crippen LogP contribution is 2.26. The van der Waals surface area contributed by atoms with E-state index >= 15 is 0 Å². The van der Waals surface area contributed by atoms with Crippen LogP contribution in [0.3, 0.4) is 0 Å². The van der Waals surface area contributed by atoms with Gasteiger partial charge in [-0.1, -0.05) is 221 Å². The number of allylic oxidation sites excluding steroid dienone is 13. The quantitative estimate of drug-likeness (QED) is 0.0195. The lowest BCUT2D eigenvalue weighted by Gasteiger charge is -2.41. The minimum absolute atomic E-state index is 0.102. The van der Waals surface area contributed by atoms with Gasteiger partial charge < -0.3 is 45.1 Å². The fourth-order valence-electron chi connectivity index (χ4n) is 8.79. The van der Waals surface area contributed by atoms with E-state index in [4.69, 9.17) is 14.2 Å². The van der Waals surface area contributed by atoms with Crippen molar-refractivity contribution < 1.29 is 49.3 Å². The minimum atomic E-state index is -1.63. The Labute approximate surface area is 451 Å². The molecule has 426 valence electrons. The van der Waals surface area contributed by atoms with Gasteiger partial charge in [-0.3, -0.25) is 9.59 Å². The van der Waals surface area contributed by atoms with Gasteiger partial charge in [0.1, 0.15) is 24.4 Å². The number of hydrogen-bond donors (Lipinski definition) is 6. The number of esters is 1. The molecule has 0 aliphatic carbocycles. The minimum Gasteiger partial charge on any atom is -0.454 e. The van der Waals surface area contributed by atoms with E-state index in [-0.39, 0.29) is 19.4 Å². The van der Waals surface area contributed by atoms with Gasteiger partial charge in [0, 0.05) is 6.42 Å². The summed E-state index contributed by atoms with van der Waals surface area (Å²) >= 11 is 0. The molecule has 0 spiro atoms. The molecule has 11 nitrogen and oxygen atoms in total. The molecule has 0 aromatic heterocycles. The Morgan fingerprint density at radius 2 is 0.973 bits per heavy atom. The normalized spacial score (nSPS) is 19.9. The topological polar surface area (TPSA) is 175 Å². The monoisotopic (exact) mass is 1040 g/mol. The largest absolute Gasteiger partial charge is 0.454 e. The zero-order valence-corrected chi connectivity index (χ0v) is 46.9. The Morgan fingerprint density at radius 3 is 1.49 bits per heavy atom. The van der Waals surface area contributed by atoms with Gasteiger partial charge in [0.25, 0.3) is 0 Å². The van der Waals surface area contributed by atoms with Gasteiger partial charge in [-0.25, -0.2) is 0 Å². The van der Waals surface area contributed by atoms with Crippen molar-refractivity contribution in [3.8, 4) is 0 Å². The van der Waals surface area contributed by atoms with Gasteiger partial charge in [0.2, 0.25) is 5.91 Å². The molecule has 1 heterocycles. The highest BCUT2D eigenvalue weighted by Gasteiger charge is 2.47. The molecular weight excluding hydrogens is 931 g/mol. The second kappa shape index (κ2) is 50.6. The van der Waals surface area contributed by atoms with Gasteiger partial charge >= 0.3 is 5.97 Å². The lowest BCUT2D eigenvalue weighted by molar-refractivity contribution is -0.305. The summed E-state index contributed by atoms with van der Waals surface area (Å²) in [6.45, 7) is 5.61. The van der Waals surface area contributed by atoms with Crippen LogP contribution in [0.2, 0.25) is 0 Å². The maximum absolute atomic E-state index is 13.4. The Balaban J connectivity index is 2.73. The van der Waals surface area contributed by atoms with Crippen molar-refractivity contribution in [1.29, 1.82) is 0 Å². The van der Waals surface area contributed by atoms with Gasteiger partial charge in [-0.15, -0.1) is 0 Å². The van der Waals surface area contributed by atoms with E-state index in [1.165, 1.54) is 83.5 Å². The average Bonchev–Trinajstić information content (AvgIpc) is 3.40. The fourth-order valence-corrected chi connectivity index (χ4v) is 8.79. The van der Waals surface area contributed by atoms with E-state index in [2.05, 4.69) is 99.0 Å². The molecule has 0 aromatic rings. The third kappa shape index (κ3) is 38.4. The van der Waals surface area contributed by atoms with Crippen molar-refractivity contribution in [3.05, 3.63) is 85.1 Å². The van der Waals surface area contributed by atoms with E-state index in [1.54, 1.807) is 6.08 Å². The summed E-state index contributed by atoms with van der Waals surface area (Å²) in [7, 11) is 0. The fraction of sp³-hybridized carbons (Fsp3) is 0.746. The average molecular weight is 1040 g/mol. The number of ether oxygens (including phenoxy) is 3. The number of aliphatic hydroxyl groups is 5. The number of aliphatic hydroxyl groups excluding tert-OH is 5. The van der Waals surface area contributed by atoms with Crippen LogP contribution in [0.4, 0.5) is 0 Å². The van der Waals surface area contributed by atoms with Crippen molar-refractivity contribution in [2.45, 2.75) is 288 Å². The van der Waals surface area contributed by atoms with Crippen LogP contribution in [-0.4, -0.2) is 99.6 Å². The lowest BCUT2D eigenvalue weighted by Crippen LogP contribution is -2.61. The second-order valence-electron chi connectivity index (χ2n) is 20.3. The van der Waals surface area contributed by atoms with E-state index in [0.29, 0.717) is 12.8 Å². The maximum Gasteiger partial charge on any atom is 0.306 e. The van der Waals surface area contributed by atoms with E-state index in [9.17, 15) is 35.1 Å². The molecular formula is C63H109NO10. The summed E-state index contributed by atoms with van der Waals surface area (Å²) < 4.78 is 17.6. The zero-order valence-electron chi connectivity index (χ0n) is 46.9. The van der Waals surface area contributed by atoms with E-state index in [0.717, 1.165) is 109 Å². The smallest absolute Gasteiger partial charge is 0.306 e. The Kier molecular flexibility index (Phi) is 47.1. The molecule has 6 N–H and O–H groups in total. The highest BCUT2D eigenvalue weighted by molar-refractivity contribution is 5.80. The van der Waals surface area contributed by atoms with E-state index < -0.39 is 67.4 Å². The Hall–Kier alpha value is -3.16. The van der Waals surface area contributed by atoms with Crippen molar-refractivity contribution >= 4 is 11.9 Å². The summed E-state index contributed by atoms with van der Waals surface area (Å²) in [5.74, 6) is -1.24. The number of rotatable bonds is 49. The maximum atomic E-state index is 13.4. The van der Waals surface area contributed by atoms with Gasteiger partial charge in [-0.05, 0) is 96.3 Å². The zero-order chi connectivity index (χ0) is 54.0. The summed E-state index contributed by atoms with van der Waals surface area (Å²) in [4.78, 5) is 26.5. The summed E-state index contributed by atoms with van der Waals surface area (Å²) in [5, 5.41) is 56.9. The van der Waals surface area contributed by atoms with Crippen LogP contribution in [-0.2, 0) is 23.8 Å². The molecule has 1 aliphatic rings. The molecule has 8 unspecified atom stereocenters. The third-order valence-corrected chi connectivity index (χ3v) is 13.5. The second-order valence-corrected chi connectivity index (χ2v) is 20.3. The van der Waals surface area contributed by atoms with Gasteiger partial charge in [-0.2, -0.15) is 0 Å². The molecule has 0 saturated carbocycles. The number of unbranched alkanes of at least 4 members (excludes halogenated alkanes) is 23. The summed E-state index contributed by atoms with van der Waals surface area (Å²) in [6, 6.07) is -1.04. The van der Waals surface area contributed by atoms with Crippen LogP contribution in [0.1, 0.15) is 239 Å². The van der Waals surface area contributed by atoms with Crippen LogP contribution in [0.15, 0.2) is 85.1 Å². The molecule has 1 amide bonds. The molecule has 74 heavy (non-hydrogen) atoms. The molecule has 1 aliphatic heterocycles. The molecule has 1 fully saturated rings. The van der Waals surface area contributed by atoms with Crippen LogP contribution in [0.5, 0.6) is 0 Å². The Bertz CT molecular complexity index is 1520. The number of nitrogens with one attached hydrogen (secondary N) is 1. The first kappa shape index (κ1) is 68.9. The number of amides is 1. The van der Waals surface area contributed by atoms with Crippen molar-refractivity contribution in [3.63, 3.8) is 0 Å². The predicted octanol–water partition coefficient (Wildman–Crippen LogP) is 13.8. The number of hydrogen-bond acceptors (Lipinski definition) is 10. The Morgan fingerprint density at radius 1 is 0.541 bits per heavy atom. The molecule has 0 radical (unpaired) electrons. The standard InChI is InChI=1S/C63H109NO10/c1-4-7-10-13-16-19-22-25-26-27-28-29-30-33-36-39-42-45-48-51-58(68)74-61-60(70)59(69)57(52-65)73-63(61)72-53-54(55(66)49-46-43-40-37-34-31-23-20-17-14-11-8-5-2)64-62(71)56(67)50-47-44-41-38-35-32-24-21-18-15-12-9-6-3/h9,12,16,18-19,21,25-26,28-29,32,35,46,49,54-57,59-61,63,65-67,69-70H,4-8,10-11,13-15,17,20,22-24,27,30-31,33-34,36-45,47-48,50-53H2,1-3H3,(H,64,71)/b12-9+,19-16-,21-18+,26-25-,29-28-,35-32+,49-46+. The SMILES string of the molecule is CC/C=C/C/C=C/C/C=C/CCCCCC(O)C(=O)NC(COC1OC(CO)C(O)C(O)C1OC(=O)CCCCCCCC/C=C\C/C=C\C/C=C\CCCCC)C(O)/C=C/CCCCCCCCCCCCC. The van der Waals surface area contributed by atoms with Gasteiger partial charge in [0.05, 0.1) is 25.4 Å².